The van der Waals surface area contributed by atoms with Gasteiger partial charge < -0.3 is 10.6 Å². The second kappa shape index (κ2) is 5.24. The first kappa shape index (κ1) is 8.65. The van der Waals surface area contributed by atoms with Crippen molar-refractivity contribution in [2.45, 2.75) is 6.92 Å². The minimum atomic E-state index is 0.951. The van der Waals surface area contributed by atoms with E-state index >= 15 is 0 Å². The van der Waals surface area contributed by atoms with Gasteiger partial charge in [-0.25, -0.2) is 0 Å². The quantitative estimate of drug-likeness (QED) is 0.709. The molecule has 1 aromatic carbocycles. The van der Waals surface area contributed by atoms with Crippen LogP contribution in [0.3, 0.4) is 0 Å². The van der Waals surface area contributed by atoms with Gasteiger partial charge in [-0.1, -0.05) is 18.2 Å². The van der Waals surface area contributed by atoms with E-state index in [0.29, 0.717) is 0 Å². The third-order valence-electron chi connectivity index (χ3n) is 1.43. The van der Waals surface area contributed by atoms with Gasteiger partial charge in [0.15, 0.2) is 0 Å². The summed E-state index contributed by atoms with van der Waals surface area (Å²) in [6.45, 7) is 3.01. The third-order valence-corrected chi connectivity index (χ3v) is 1.43. The van der Waals surface area contributed by atoms with Crippen LogP contribution in [0.15, 0.2) is 42.7 Å². The molecular weight excluding hydrogens is 148 g/mol. The molecular formula is C10H14N2. The lowest BCUT2D eigenvalue weighted by atomic mass is 10.3. The van der Waals surface area contributed by atoms with E-state index in [9.17, 15) is 0 Å². The molecule has 0 fully saturated rings. The molecule has 0 saturated carbocycles. The summed E-state index contributed by atoms with van der Waals surface area (Å²) in [5.41, 5.74) is 1.10. The van der Waals surface area contributed by atoms with Gasteiger partial charge >= 0.3 is 0 Å². The van der Waals surface area contributed by atoms with E-state index in [-0.39, 0.29) is 0 Å². The van der Waals surface area contributed by atoms with E-state index in [1.807, 2.05) is 42.7 Å². The Bertz CT molecular complexity index is 229. The third kappa shape index (κ3) is 3.10. The molecule has 0 aliphatic carbocycles. The highest BCUT2D eigenvalue weighted by molar-refractivity contribution is 5.44. The van der Waals surface area contributed by atoms with Crippen LogP contribution in [-0.2, 0) is 0 Å². The van der Waals surface area contributed by atoms with Crippen molar-refractivity contribution in [1.82, 2.24) is 5.32 Å². The van der Waals surface area contributed by atoms with Crippen LogP contribution in [0.2, 0.25) is 0 Å². The van der Waals surface area contributed by atoms with Crippen molar-refractivity contribution in [2.24, 2.45) is 0 Å². The molecule has 0 aliphatic rings. The van der Waals surface area contributed by atoms with Crippen LogP contribution in [0.5, 0.6) is 0 Å². The fourth-order valence-electron chi connectivity index (χ4n) is 0.849. The average molecular weight is 162 g/mol. The van der Waals surface area contributed by atoms with Crippen LogP contribution >= 0.6 is 0 Å². The van der Waals surface area contributed by atoms with E-state index < -0.39 is 0 Å². The Labute approximate surface area is 73.3 Å². The lowest BCUT2D eigenvalue weighted by Crippen LogP contribution is -2.02. The summed E-state index contributed by atoms with van der Waals surface area (Å²) < 4.78 is 0. The Hall–Kier alpha value is -1.44. The summed E-state index contributed by atoms with van der Waals surface area (Å²) in [6, 6.07) is 10.1. The average Bonchev–Trinajstić information content (AvgIpc) is 2.14. The first-order valence-corrected chi connectivity index (χ1v) is 4.13. The van der Waals surface area contributed by atoms with Crippen molar-refractivity contribution < 1.29 is 0 Å². The smallest absolute Gasteiger partial charge is 0.0380 e. The molecule has 0 aliphatic heterocycles. The van der Waals surface area contributed by atoms with E-state index in [2.05, 4.69) is 17.6 Å². The van der Waals surface area contributed by atoms with Gasteiger partial charge in [0.25, 0.3) is 0 Å². The van der Waals surface area contributed by atoms with Crippen LogP contribution in [0.1, 0.15) is 6.92 Å². The molecule has 64 valence electrons. The predicted octanol–water partition coefficient (Wildman–Crippen LogP) is 2.18. The van der Waals surface area contributed by atoms with Gasteiger partial charge in [-0.3, -0.25) is 0 Å². The molecule has 0 atom stereocenters. The van der Waals surface area contributed by atoms with Crippen LogP contribution in [0.25, 0.3) is 0 Å². The minimum Gasteiger partial charge on any atom is -0.390 e. The Morgan fingerprint density at radius 2 is 1.92 bits per heavy atom. The second-order valence-corrected chi connectivity index (χ2v) is 2.40. The Balaban J connectivity index is 2.33. The van der Waals surface area contributed by atoms with E-state index in [4.69, 9.17) is 0 Å². The van der Waals surface area contributed by atoms with Crippen LogP contribution in [-0.4, -0.2) is 6.54 Å². The zero-order chi connectivity index (χ0) is 8.65. The number of para-hydroxylation sites is 1. The summed E-state index contributed by atoms with van der Waals surface area (Å²) in [4.78, 5) is 0. The monoisotopic (exact) mass is 162 g/mol. The van der Waals surface area contributed by atoms with Crippen LogP contribution in [0.4, 0.5) is 5.69 Å². The first-order chi connectivity index (χ1) is 5.93. The standard InChI is InChI=1S/C10H14N2/c1-2-11-8-9-12-10-6-4-3-5-7-10/h3-9,11-12H,2H2,1H3. The fourth-order valence-corrected chi connectivity index (χ4v) is 0.849. The summed E-state index contributed by atoms with van der Waals surface area (Å²) in [6.07, 6.45) is 3.78. The van der Waals surface area contributed by atoms with Gasteiger partial charge in [0.2, 0.25) is 0 Å². The van der Waals surface area contributed by atoms with Crippen molar-refractivity contribution >= 4 is 5.69 Å². The van der Waals surface area contributed by atoms with Crippen LogP contribution in [0, 0.1) is 0 Å². The molecule has 0 unspecified atom stereocenters. The highest BCUT2D eigenvalue weighted by Gasteiger charge is 1.81. The molecule has 2 heteroatoms. The van der Waals surface area contributed by atoms with Crippen molar-refractivity contribution in [1.29, 1.82) is 0 Å². The molecule has 2 N–H and O–H groups in total. The lowest BCUT2D eigenvalue weighted by molar-refractivity contribution is 0.918. The second-order valence-electron chi connectivity index (χ2n) is 2.40. The van der Waals surface area contributed by atoms with E-state index in [0.717, 1.165) is 12.2 Å². The van der Waals surface area contributed by atoms with Crippen molar-refractivity contribution in [2.75, 3.05) is 11.9 Å². The minimum absolute atomic E-state index is 0.951. The van der Waals surface area contributed by atoms with Gasteiger partial charge in [0, 0.05) is 24.6 Å². The molecule has 0 bridgehead atoms. The number of anilines is 1. The number of rotatable bonds is 4. The summed E-state index contributed by atoms with van der Waals surface area (Å²) in [5, 5.41) is 6.21. The van der Waals surface area contributed by atoms with Crippen molar-refractivity contribution in [3.8, 4) is 0 Å². The molecule has 0 radical (unpaired) electrons. The van der Waals surface area contributed by atoms with Gasteiger partial charge in [-0.2, -0.15) is 0 Å². The lowest BCUT2D eigenvalue weighted by Gasteiger charge is -1.98. The Morgan fingerprint density at radius 1 is 1.17 bits per heavy atom. The largest absolute Gasteiger partial charge is 0.390 e. The van der Waals surface area contributed by atoms with E-state index in [1.165, 1.54) is 0 Å². The van der Waals surface area contributed by atoms with Gasteiger partial charge in [0.1, 0.15) is 0 Å². The predicted molar refractivity (Wildman–Crippen MR) is 52.9 cm³/mol. The molecule has 0 heterocycles. The highest BCUT2D eigenvalue weighted by Crippen LogP contribution is 2.03. The SMILES string of the molecule is CCNC=CNc1ccccc1. The number of nitrogens with one attached hydrogen (secondary N) is 2. The van der Waals surface area contributed by atoms with Gasteiger partial charge in [-0.05, 0) is 19.1 Å². The summed E-state index contributed by atoms with van der Waals surface area (Å²) in [5.74, 6) is 0. The zero-order valence-corrected chi connectivity index (χ0v) is 7.25. The first-order valence-electron chi connectivity index (χ1n) is 4.13. The fraction of sp³-hybridized carbons (Fsp3) is 0.200. The Kier molecular flexibility index (Phi) is 3.78. The molecule has 1 rings (SSSR count). The maximum Gasteiger partial charge on any atom is 0.0380 e. The highest BCUT2D eigenvalue weighted by atomic mass is 14.9. The maximum atomic E-state index is 3.14. The molecule has 0 saturated heterocycles. The Morgan fingerprint density at radius 3 is 2.58 bits per heavy atom. The normalized spacial score (nSPS) is 10.1. The molecule has 1 aromatic rings. The van der Waals surface area contributed by atoms with Crippen molar-refractivity contribution in [3.05, 3.63) is 42.7 Å². The molecule has 12 heavy (non-hydrogen) atoms. The van der Waals surface area contributed by atoms with E-state index in [1.54, 1.807) is 0 Å². The molecule has 0 aromatic heterocycles. The maximum absolute atomic E-state index is 3.14. The number of hydrogen-bond acceptors (Lipinski definition) is 2. The van der Waals surface area contributed by atoms with Crippen LogP contribution < -0.4 is 10.6 Å². The zero-order valence-electron chi connectivity index (χ0n) is 7.25. The summed E-state index contributed by atoms with van der Waals surface area (Å²) >= 11 is 0. The number of hydrogen-bond donors (Lipinski definition) is 2. The van der Waals surface area contributed by atoms with Crippen molar-refractivity contribution in [3.63, 3.8) is 0 Å². The van der Waals surface area contributed by atoms with Gasteiger partial charge in [0.05, 0.1) is 0 Å². The van der Waals surface area contributed by atoms with Gasteiger partial charge in [-0.15, -0.1) is 0 Å². The molecule has 0 amide bonds. The topological polar surface area (TPSA) is 24.1 Å². The molecule has 0 spiro atoms. The summed E-state index contributed by atoms with van der Waals surface area (Å²) in [7, 11) is 0. The molecule has 2 nitrogen and oxygen atoms in total. The number of benzene rings is 1.